The smallest absolute Gasteiger partial charge is 0.00132 e. The Morgan fingerprint density at radius 2 is 0.681 bits per heavy atom. The molecule has 0 bridgehead atoms. The maximum atomic E-state index is 2.28. The topological polar surface area (TPSA) is 0 Å². The van der Waals surface area contributed by atoms with Gasteiger partial charge < -0.3 is 0 Å². The number of fused-ring (bicyclic) bond motifs is 10. The second-order valence-electron chi connectivity index (χ2n) is 12.8. The molecular formula is C47H34. The molecule has 3 aliphatic rings. The Kier molecular flexibility index (Phi) is 6.79. The predicted octanol–water partition coefficient (Wildman–Crippen LogP) is 12.1. The second-order valence-corrected chi connectivity index (χ2v) is 12.8. The first-order valence-corrected chi connectivity index (χ1v) is 16.7. The highest BCUT2D eigenvalue weighted by molar-refractivity contribution is 6.02. The summed E-state index contributed by atoms with van der Waals surface area (Å²) < 4.78 is 0. The lowest BCUT2D eigenvalue weighted by molar-refractivity contribution is 1.20. The van der Waals surface area contributed by atoms with Crippen molar-refractivity contribution >= 4 is 21.5 Å². The van der Waals surface area contributed by atoms with Crippen LogP contribution in [0.3, 0.4) is 0 Å². The Morgan fingerprint density at radius 3 is 1.36 bits per heavy atom. The van der Waals surface area contributed by atoms with Crippen molar-refractivity contribution in [2.24, 2.45) is 0 Å². The second kappa shape index (κ2) is 11.6. The first-order chi connectivity index (χ1) is 23.3. The van der Waals surface area contributed by atoms with Gasteiger partial charge in [-0.05, 0) is 108 Å². The molecule has 0 N–H and O–H groups in total. The van der Waals surface area contributed by atoms with Crippen molar-refractivity contribution in [2.75, 3.05) is 0 Å². The summed E-state index contributed by atoms with van der Waals surface area (Å²) in [7, 11) is 0. The fourth-order valence-electron chi connectivity index (χ4n) is 7.92. The van der Waals surface area contributed by atoms with Gasteiger partial charge in [-0.2, -0.15) is 0 Å². The van der Waals surface area contributed by atoms with Crippen molar-refractivity contribution in [3.05, 3.63) is 203 Å². The molecule has 0 spiro atoms. The highest BCUT2D eigenvalue weighted by Gasteiger charge is 2.20. The molecule has 0 amide bonds. The SMILES string of the molecule is c1ccc2c(c1)Cc1ccc3ccccc3c1-2.c1ccc2c(c1)Cc1cccc3cccc-2c13.c1ccc2c(c1)Cc1ccccc1-2. The molecule has 0 fully saturated rings. The zero-order chi connectivity index (χ0) is 31.2. The third kappa shape index (κ3) is 4.85. The third-order valence-electron chi connectivity index (χ3n) is 10.1. The Balaban J connectivity index is 0.0000000976. The molecule has 11 rings (SSSR count). The van der Waals surface area contributed by atoms with E-state index < -0.39 is 0 Å². The minimum atomic E-state index is 1.06. The van der Waals surface area contributed by atoms with Gasteiger partial charge in [-0.25, -0.2) is 0 Å². The fraction of sp³-hybridized carbons (Fsp3) is 0.0638. The normalized spacial score (nSPS) is 12.4. The van der Waals surface area contributed by atoms with Crippen LogP contribution in [-0.2, 0) is 19.3 Å². The van der Waals surface area contributed by atoms with Crippen LogP contribution in [0.1, 0.15) is 33.4 Å². The molecule has 0 nitrogen and oxygen atoms in total. The summed E-state index contributed by atoms with van der Waals surface area (Å²) >= 11 is 0. The molecule has 0 heterocycles. The fourth-order valence-corrected chi connectivity index (χ4v) is 7.92. The van der Waals surface area contributed by atoms with Gasteiger partial charge in [0, 0.05) is 0 Å². The third-order valence-corrected chi connectivity index (χ3v) is 10.1. The standard InChI is InChI=1S/2C17H12.C13H10/c1-3-7-15-12(5-1)9-10-14-11-13-6-2-4-8-16(13)17(14)15;1-2-9-15-13(5-1)11-14-8-3-6-12-7-4-10-16(15)17(12)14;1-3-7-12-10(5-1)9-11-6-2-4-8-13(11)12/h2*1-10H,11H2;1-8H,9H2. The largest absolute Gasteiger partial charge is 0.0619 e. The van der Waals surface area contributed by atoms with Gasteiger partial charge >= 0.3 is 0 Å². The number of hydrogen-bond donors (Lipinski definition) is 0. The van der Waals surface area contributed by atoms with Gasteiger partial charge in [0.1, 0.15) is 0 Å². The molecule has 0 unspecified atom stereocenters. The molecule has 3 aliphatic carbocycles. The Hall–Kier alpha value is -5.72. The predicted molar refractivity (Wildman–Crippen MR) is 199 cm³/mol. The van der Waals surface area contributed by atoms with E-state index in [1.54, 1.807) is 0 Å². The molecule has 0 saturated heterocycles. The average Bonchev–Trinajstić information content (AvgIpc) is 3.71. The molecule has 0 saturated carbocycles. The number of hydrogen-bond acceptors (Lipinski definition) is 0. The van der Waals surface area contributed by atoms with Crippen molar-refractivity contribution in [3.8, 4) is 33.4 Å². The van der Waals surface area contributed by atoms with Crippen molar-refractivity contribution in [1.82, 2.24) is 0 Å². The van der Waals surface area contributed by atoms with Crippen LogP contribution in [-0.4, -0.2) is 0 Å². The summed E-state index contributed by atoms with van der Waals surface area (Å²) in [5.41, 5.74) is 17.2. The van der Waals surface area contributed by atoms with Gasteiger partial charge in [0.05, 0.1) is 0 Å². The van der Waals surface area contributed by atoms with Gasteiger partial charge in [0.2, 0.25) is 0 Å². The van der Waals surface area contributed by atoms with Crippen LogP contribution in [0, 0.1) is 0 Å². The summed E-state index contributed by atoms with van der Waals surface area (Å²) in [5.74, 6) is 0. The summed E-state index contributed by atoms with van der Waals surface area (Å²) in [4.78, 5) is 0. The van der Waals surface area contributed by atoms with E-state index >= 15 is 0 Å². The zero-order valence-electron chi connectivity index (χ0n) is 26.3. The summed E-state index contributed by atoms with van der Waals surface area (Å²) in [6.07, 6.45) is 3.24. The van der Waals surface area contributed by atoms with Crippen molar-refractivity contribution in [1.29, 1.82) is 0 Å². The van der Waals surface area contributed by atoms with Gasteiger partial charge in [0.25, 0.3) is 0 Å². The highest BCUT2D eigenvalue weighted by atomic mass is 14.2. The molecule has 0 radical (unpaired) electrons. The van der Waals surface area contributed by atoms with Crippen LogP contribution in [0.5, 0.6) is 0 Å². The van der Waals surface area contributed by atoms with Crippen molar-refractivity contribution < 1.29 is 0 Å². The average molecular weight is 599 g/mol. The van der Waals surface area contributed by atoms with Crippen LogP contribution in [0.4, 0.5) is 0 Å². The lowest BCUT2D eigenvalue weighted by atomic mass is 9.84. The Bertz CT molecular complexity index is 2390. The minimum Gasteiger partial charge on any atom is -0.0619 e. The molecule has 222 valence electrons. The summed E-state index contributed by atoms with van der Waals surface area (Å²) in [5, 5.41) is 5.51. The van der Waals surface area contributed by atoms with E-state index in [2.05, 4.69) is 170 Å². The van der Waals surface area contributed by atoms with E-state index in [1.807, 2.05) is 0 Å². The van der Waals surface area contributed by atoms with Crippen molar-refractivity contribution in [2.45, 2.75) is 19.3 Å². The lowest BCUT2D eigenvalue weighted by Crippen LogP contribution is -2.00. The molecule has 47 heavy (non-hydrogen) atoms. The van der Waals surface area contributed by atoms with Gasteiger partial charge in [0.15, 0.2) is 0 Å². The van der Waals surface area contributed by atoms with E-state index in [0.29, 0.717) is 0 Å². The number of rotatable bonds is 0. The monoisotopic (exact) mass is 598 g/mol. The van der Waals surface area contributed by atoms with Gasteiger partial charge in [-0.15, -0.1) is 0 Å². The molecular weight excluding hydrogens is 565 g/mol. The maximum absolute atomic E-state index is 2.28. The lowest BCUT2D eigenvalue weighted by Gasteiger charge is -2.20. The minimum absolute atomic E-state index is 1.06. The van der Waals surface area contributed by atoms with Crippen LogP contribution in [0.25, 0.3) is 54.9 Å². The Morgan fingerprint density at radius 1 is 0.255 bits per heavy atom. The quantitative estimate of drug-likeness (QED) is 0.163. The molecule has 8 aromatic carbocycles. The van der Waals surface area contributed by atoms with E-state index in [4.69, 9.17) is 0 Å². The molecule has 8 aromatic rings. The van der Waals surface area contributed by atoms with E-state index in [-0.39, 0.29) is 0 Å². The van der Waals surface area contributed by atoms with E-state index in [9.17, 15) is 0 Å². The van der Waals surface area contributed by atoms with E-state index in [0.717, 1.165) is 19.3 Å². The first kappa shape index (κ1) is 27.6. The van der Waals surface area contributed by atoms with Crippen LogP contribution in [0.2, 0.25) is 0 Å². The van der Waals surface area contributed by atoms with E-state index in [1.165, 1.54) is 88.3 Å². The maximum Gasteiger partial charge on any atom is -0.00132 e. The van der Waals surface area contributed by atoms with Crippen LogP contribution < -0.4 is 0 Å². The van der Waals surface area contributed by atoms with Gasteiger partial charge in [-0.1, -0.05) is 170 Å². The van der Waals surface area contributed by atoms with Gasteiger partial charge in [-0.3, -0.25) is 0 Å². The molecule has 0 aromatic heterocycles. The first-order valence-electron chi connectivity index (χ1n) is 16.7. The zero-order valence-corrected chi connectivity index (χ0v) is 26.3. The summed E-state index contributed by atoms with van der Waals surface area (Å²) in [6, 6.07) is 61.2. The molecule has 0 aliphatic heterocycles. The number of benzene rings is 8. The summed E-state index contributed by atoms with van der Waals surface area (Å²) in [6.45, 7) is 0. The highest BCUT2D eigenvalue weighted by Crippen LogP contribution is 2.41. The van der Waals surface area contributed by atoms with Crippen LogP contribution in [0.15, 0.2) is 170 Å². The van der Waals surface area contributed by atoms with Crippen molar-refractivity contribution in [3.63, 3.8) is 0 Å². The Labute approximate surface area is 276 Å². The van der Waals surface area contributed by atoms with Crippen LogP contribution >= 0.6 is 0 Å². The molecule has 0 atom stereocenters. The molecule has 0 heteroatoms.